The van der Waals surface area contributed by atoms with E-state index in [4.69, 9.17) is 9.47 Å². The van der Waals surface area contributed by atoms with E-state index in [2.05, 4.69) is 17.6 Å². The van der Waals surface area contributed by atoms with Gasteiger partial charge in [-0.25, -0.2) is 0 Å². The Labute approximate surface area is 218 Å². The highest BCUT2D eigenvalue weighted by molar-refractivity contribution is 5.93. The molecule has 0 saturated carbocycles. The maximum atomic E-state index is 13.1. The molecule has 1 aromatic carbocycles. The Kier molecular flexibility index (Phi) is 16.1. The fourth-order valence-corrected chi connectivity index (χ4v) is 4.32. The molecule has 0 heterocycles. The predicted molar refractivity (Wildman–Crippen MR) is 144 cm³/mol. The van der Waals surface area contributed by atoms with Crippen molar-refractivity contribution in [2.24, 2.45) is 5.92 Å². The molecular weight excluding hydrogens is 456 g/mol. The first-order chi connectivity index (χ1) is 17.3. The highest BCUT2D eigenvalue weighted by Gasteiger charge is 2.34. The molecular formula is C29H48N2O5. The van der Waals surface area contributed by atoms with Crippen LogP contribution in [0.1, 0.15) is 77.3 Å². The average molecular weight is 505 g/mol. The van der Waals surface area contributed by atoms with Crippen molar-refractivity contribution in [2.45, 2.75) is 85.1 Å². The molecule has 1 rings (SSSR count). The first-order valence-electron chi connectivity index (χ1n) is 13.6. The first-order valence-corrected chi connectivity index (χ1v) is 13.6. The molecule has 204 valence electrons. The summed E-state index contributed by atoms with van der Waals surface area (Å²) >= 11 is 0. The number of amides is 1. The van der Waals surface area contributed by atoms with E-state index in [0.717, 1.165) is 24.8 Å². The summed E-state index contributed by atoms with van der Waals surface area (Å²) in [4.78, 5) is 37.4. The highest BCUT2D eigenvalue weighted by Crippen LogP contribution is 2.19. The number of ether oxygens (including phenoxy) is 2. The number of Topliss-reactive ketones (excluding diaryl/α,β-unsaturated/α-hetero) is 2. The van der Waals surface area contributed by atoms with Gasteiger partial charge in [0.05, 0.1) is 31.9 Å². The average Bonchev–Trinajstić information content (AvgIpc) is 2.88. The summed E-state index contributed by atoms with van der Waals surface area (Å²) in [5.41, 5.74) is 1.62. The van der Waals surface area contributed by atoms with Crippen molar-refractivity contribution in [3.05, 3.63) is 35.4 Å². The summed E-state index contributed by atoms with van der Waals surface area (Å²) in [6.45, 7) is 12.0. The minimum atomic E-state index is -0.680. The van der Waals surface area contributed by atoms with Gasteiger partial charge in [-0.3, -0.25) is 14.4 Å². The van der Waals surface area contributed by atoms with E-state index in [9.17, 15) is 14.4 Å². The molecule has 0 radical (unpaired) electrons. The second-order valence-electron chi connectivity index (χ2n) is 9.44. The number of ketones is 2. The van der Waals surface area contributed by atoms with Crippen molar-refractivity contribution in [3.63, 3.8) is 0 Å². The molecule has 1 unspecified atom stereocenters. The Bertz CT molecular complexity index is 776. The van der Waals surface area contributed by atoms with Gasteiger partial charge in [-0.05, 0) is 44.6 Å². The topological polar surface area (TPSA) is 93.7 Å². The van der Waals surface area contributed by atoms with E-state index in [0.29, 0.717) is 52.0 Å². The van der Waals surface area contributed by atoms with Crippen molar-refractivity contribution in [2.75, 3.05) is 39.5 Å². The molecule has 2 N–H and O–H groups in total. The lowest BCUT2D eigenvalue weighted by molar-refractivity contribution is -0.129. The van der Waals surface area contributed by atoms with Crippen LogP contribution in [-0.2, 0) is 30.3 Å². The number of hydrogen-bond donors (Lipinski definition) is 2. The Morgan fingerprint density at radius 2 is 1.61 bits per heavy atom. The molecule has 36 heavy (non-hydrogen) atoms. The minimum Gasteiger partial charge on any atom is -0.378 e. The molecule has 0 aromatic heterocycles. The molecule has 0 spiro atoms. The first kappa shape index (κ1) is 31.9. The number of nitrogens with one attached hydrogen (secondary N) is 2. The summed E-state index contributed by atoms with van der Waals surface area (Å²) < 4.78 is 11.1. The maximum Gasteiger partial charge on any atom is 0.220 e. The van der Waals surface area contributed by atoms with Crippen LogP contribution >= 0.6 is 0 Å². The van der Waals surface area contributed by atoms with Crippen LogP contribution in [0.25, 0.3) is 0 Å². The monoisotopic (exact) mass is 504 g/mol. The number of rotatable bonds is 21. The van der Waals surface area contributed by atoms with Crippen LogP contribution in [0.4, 0.5) is 0 Å². The van der Waals surface area contributed by atoms with Gasteiger partial charge in [0.15, 0.2) is 11.6 Å². The van der Waals surface area contributed by atoms with E-state index in [1.165, 1.54) is 5.56 Å². The number of carbonyl (C=O) groups is 3. The number of aryl methyl sites for hydroxylation is 2. The van der Waals surface area contributed by atoms with Gasteiger partial charge in [-0.2, -0.15) is 0 Å². The molecule has 7 heteroatoms. The lowest BCUT2D eigenvalue weighted by Crippen LogP contribution is -2.55. The third-order valence-electron chi connectivity index (χ3n) is 6.79. The SMILES string of the molecule is CCCC(CC)(NCCOCCOCC(=O)C(CC)CC)C(=O)CNC(=O)CCc1ccc(C)cc1. The van der Waals surface area contributed by atoms with Crippen LogP contribution in [0.15, 0.2) is 24.3 Å². The lowest BCUT2D eigenvalue weighted by atomic mass is 9.85. The molecule has 0 bridgehead atoms. The van der Waals surface area contributed by atoms with Crippen molar-refractivity contribution in [1.29, 1.82) is 0 Å². The molecule has 0 aliphatic carbocycles. The van der Waals surface area contributed by atoms with E-state index in [1.807, 2.05) is 52.0 Å². The summed E-state index contributed by atoms with van der Waals surface area (Å²) in [7, 11) is 0. The Morgan fingerprint density at radius 1 is 0.944 bits per heavy atom. The number of benzene rings is 1. The molecule has 0 aliphatic heterocycles. The molecule has 1 atom stereocenters. The zero-order valence-corrected chi connectivity index (χ0v) is 23.1. The van der Waals surface area contributed by atoms with Gasteiger partial charge in [0.1, 0.15) is 6.61 Å². The van der Waals surface area contributed by atoms with E-state index in [1.54, 1.807) is 0 Å². The van der Waals surface area contributed by atoms with E-state index >= 15 is 0 Å². The molecule has 0 fully saturated rings. The van der Waals surface area contributed by atoms with Gasteiger partial charge in [-0.15, -0.1) is 0 Å². The third-order valence-corrected chi connectivity index (χ3v) is 6.79. The fourth-order valence-electron chi connectivity index (χ4n) is 4.32. The predicted octanol–water partition coefficient (Wildman–Crippen LogP) is 4.19. The zero-order chi connectivity index (χ0) is 26.8. The highest BCUT2D eigenvalue weighted by atomic mass is 16.5. The standard InChI is InChI=1S/C29H48N2O5/c1-6-16-29(9-4,31-17-18-35-19-20-36-22-26(32)25(7-2)8-3)27(33)21-30-28(34)15-14-24-12-10-23(5)11-13-24/h10-13,25,31H,6-9,14-22H2,1-5H3,(H,30,34). The van der Waals surface area contributed by atoms with Crippen molar-refractivity contribution in [3.8, 4) is 0 Å². The van der Waals surface area contributed by atoms with Crippen molar-refractivity contribution < 1.29 is 23.9 Å². The molecule has 7 nitrogen and oxygen atoms in total. The van der Waals surface area contributed by atoms with Crippen LogP contribution in [0, 0.1) is 12.8 Å². The Hall–Kier alpha value is -2.09. The molecule has 1 aromatic rings. The number of carbonyl (C=O) groups excluding carboxylic acids is 3. The summed E-state index contributed by atoms with van der Waals surface area (Å²) in [5, 5.41) is 6.20. The summed E-state index contributed by atoms with van der Waals surface area (Å²) in [6, 6.07) is 8.14. The third kappa shape index (κ3) is 11.8. The van der Waals surface area contributed by atoms with Gasteiger partial charge in [0, 0.05) is 18.9 Å². The Balaban J connectivity index is 2.36. The van der Waals surface area contributed by atoms with Crippen LogP contribution in [-0.4, -0.2) is 62.5 Å². The molecule has 0 aliphatic rings. The van der Waals surface area contributed by atoms with Crippen LogP contribution in [0.5, 0.6) is 0 Å². The summed E-state index contributed by atoms with van der Waals surface area (Å²) in [6.07, 6.45) is 4.88. The van der Waals surface area contributed by atoms with Crippen LogP contribution < -0.4 is 10.6 Å². The maximum absolute atomic E-state index is 13.1. The fraction of sp³-hybridized carbons (Fsp3) is 0.690. The largest absolute Gasteiger partial charge is 0.378 e. The Morgan fingerprint density at radius 3 is 2.22 bits per heavy atom. The van der Waals surface area contributed by atoms with Gasteiger partial charge in [-0.1, -0.05) is 63.9 Å². The lowest BCUT2D eigenvalue weighted by Gasteiger charge is -2.32. The second-order valence-corrected chi connectivity index (χ2v) is 9.44. The minimum absolute atomic E-state index is 0.00113. The van der Waals surface area contributed by atoms with E-state index < -0.39 is 5.54 Å². The second kappa shape index (κ2) is 18.2. The quantitative estimate of drug-likeness (QED) is 0.244. The van der Waals surface area contributed by atoms with Crippen LogP contribution in [0.2, 0.25) is 0 Å². The van der Waals surface area contributed by atoms with E-state index in [-0.39, 0.29) is 36.5 Å². The van der Waals surface area contributed by atoms with Gasteiger partial charge in [0.2, 0.25) is 5.91 Å². The normalized spacial score (nSPS) is 12.9. The van der Waals surface area contributed by atoms with Crippen molar-refractivity contribution in [1.82, 2.24) is 10.6 Å². The zero-order valence-electron chi connectivity index (χ0n) is 23.1. The van der Waals surface area contributed by atoms with Crippen LogP contribution in [0.3, 0.4) is 0 Å². The molecule has 1 amide bonds. The van der Waals surface area contributed by atoms with Gasteiger partial charge >= 0.3 is 0 Å². The smallest absolute Gasteiger partial charge is 0.220 e. The van der Waals surface area contributed by atoms with Crippen molar-refractivity contribution >= 4 is 17.5 Å². The number of hydrogen-bond acceptors (Lipinski definition) is 6. The van der Waals surface area contributed by atoms with Gasteiger partial charge in [0.25, 0.3) is 0 Å². The summed E-state index contributed by atoms with van der Waals surface area (Å²) in [5.74, 6) is 0.108. The van der Waals surface area contributed by atoms with Gasteiger partial charge < -0.3 is 20.1 Å². The molecule has 0 saturated heterocycles.